The van der Waals surface area contributed by atoms with Gasteiger partial charge in [0.2, 0.25) is 0 Å². The fraction of sp³-hybridized carbons (Fsp3) is 0.0833. The number of alkyl halides is 3. The number of aromatic nitrogens is 3. The number of benzene rings is 3. The minimum absolute atomic E-state index is 0.118. The third-order valence-corrected chi connectivity index (χ3v) is 5.33. The molecule has 13 heteroatoms. The first-order valence-corrected chi connectivity index (χ1v) is 11.4. The Labute approximate surface area is 219 Å². The van der Waals surface area contributed by atoms with Crippen molar-refractivity contribution in [2.75, 3.05) is 10.6 Å². The largest absolute Gasteiger partial charge is 0.573 e. The molecule has 0 atom stereocenters. The number of rotatable bonds is 5. The molecule has 1 heterocycles. The van der Waals surface area contributed by atoms with Crippen molar-refractivity contribution in [1.82, 2.24) is 20.1 Å². The number of amides is 2. The second kappa shape index (κ2) is 10.8. The average molecular weight is 547 g/mol. The molecule has 0 aliphatic rings. The summed E-state index contributed by atoms with van der Waals surface area (Å²) in [5.74, 6) is 0.0516. The SMILES string of the molecule is Cc1cc(Cl)ccc1NC(=S)NC(=O)Nc1ccc(-c2ncn(-c3ccc(OC(F)(F)F)cc3)n2)cc1. The number of hydrogen-bond donors (Lipinski definition) is 3. The summed E-state index contributed by atoms with van der Waals surface area (Å²) in [5.41, 5.74) is 3.26. The van der Waals surface area contributed by atoms with Crippen molar-refractivity contribution in [3.63, 3.8) is 0 Å². The van der Waals surface area contributed by atoms with Crippen molar-refractivity contribution in [2.24, 2.45) is 0 Å². The van der Waals surface area contributed by atoms with Gasteiger partial charge in [0.15, 0.2) is 10.9 Å². The van der Waals surface area contributed by atoms with Crippen LogP contribution in [0.4, 0.5) is 29.3 Å². The van der Waals surface area contributed by atoms with Crippen molar-refractivity contribution in [1.29, 1.82) is 0 Å². The van der Waals surface area contributed by atoms with Gasteiger partial charge in [-0.25, -0.2) is 14.5 Å². The second-order valence-electron chi connectivity index (χ2n) is 7.62. The molecule has 0 saturated carbocycles. The van der Waals surface area contributed by atoms with E-state index in [0.29, 0.717) is 27.8 Å². The highest BCUT2D eigenvalue weighted by Crippen LogP contribution is 2.24. The van der Waals surface area contributed by atoms with Gasteiger partial charge >= 0.3 is 12.4 Å². The number of urea groups is 1. The van der Waals surface area contributed by atoms with E-state index in [-0.39, 0.29) is 10.9 Å². The van der Waals surface area contributed by atoms with Crippen LogP contribution in [0.2, 0.25) is 5.02 Å². The summed E-state index contributed by atoms with van der Waals surface area (Å²) >= 11 is 11.1. The Morgan fingerprint density at radius 1 is 1.03 bits per heavy atom. The monoisotopic (exact) mass is 546 g/mol. The molecule has 190 valence electrons. The first-order valence-electron chi connectivity index (χ1n) is 10.6. The fourth-order valence-electron chi connectivity index (χ4n) is 3.21. The lowest BCUT2D eigenvalue weighted by Crippen LogP contribution is -2.37. The van der Waals surface area contributed by atoms with Gasteiger partial charge in [-0.3, -0.25) is 5.32 Å². The average Bonchev–Trinajstić information content (AvgIpc) is 3.31. The minimum atomic E-state index is -4.76. The van der Waals surface area contributed by atoms with Crippen molar-refractivity contribution in [2.45, 2.75) is 13.3 Å². The van der Waals surface area contributed by atoms with Crippen LogP contribution in [0, 0.1) is 6.92 Å². The van der Waals surface area contributed by atoms with Crippen LogP contribution in [0.25, 0.3) is 17.1 Å². The summed E-state index contributed by atoms with van der Waals surface area (Å²) in [7, 11) is 0. The maximum absolute atomic E-state index is 12.3. The molecular formula is C24H18ClF3N6O2S. The van der Waals surface area contributed by atoms with Gasteiger partial charge < -0.3 is 15.4 Å². The lowest BCUT2D eigenvalue weighted by atomic mass is 10.2. The molecule has 0 saturated heterocycles. The van der Waals surface area contributed by atoms with E-state index in [4.69, 9.17) is 23.8 Å². The molecule has 0 radical (unpaired) electrons. The Balaban J connectivity index is 1.34. The van der Waals surface area contributed by atoms with E-state index in [2.05, 4.69) is 30.8 Å². The molecule has 3 aromatic carbocycles. The third-order valence-electron chi connectivity index (χ3n) is 4.89. The quantitative estimate of drug-likeness (QED) is 0.254. The molecule has 0 bridgehead atoms. The molecule has 0 aliphatic heterocycles. The van der Waals surface area contributed by atoms with Crippen LogP contribution in [0.15, 0.2) is 73.1 Å². The summed E-state index contributed by atoms with van der Waals surface area (Å²) < 4.78 is 42.3. The molecular weight excluding hydrogens is 529 g/mol. The maximum Gasteiger partial charge on any atom is 0.573 e. The fourth-order valence-corrected chi connectivity index (χ4v) is 3.64. The predicted octanol–water partition coefficient (Wildman–Crippen LogP) is 6.31. The number of carbonyl (C=O) groups excluding carboxylic acids is 1. The van der Waals surface area contributed by atoms with Crippen molar-refractivity contribution in [3.8, 4) is 22.8 Å². The Hall–Kier alpha value is -4.16. The van der Waals surface area contributed by atoms with Crippen LogP contribution in [0.5, 0.6) is 5.75 Å². The van der Waals surface area contributed by atoms with Crippen LogP contribution in [0.3, 0.4) is 0 Å². The highest BCUT2D eigenvalue weighted by Gasteiger charge is 2.31. The summed E-state index contributed by atoms with van der Waals surface area (Å²) in [5, 5.41) is 13.2. The van der Waals surface area contributed by atoms with E-state index in [1.165, 1.54) is 35.3 Å². The number of nitrogens with zero attached hydrogens (tertiary/aromatic N) is 3. The maximum atomic E-state index is 12.3. The molecule has 3 N–H and O–H groups in total. The summed E-state index contributed by atoms with van der Waals surface area (Å²) in [6, 6.07) is 16.7. The first-order chi connectivity index (χ1) is 17.6. The topological polar surface area (TPSA) is 93.1 Å². The lowest BCUT2D eigenvalue weighted by Gasteiger charge is -2.12. The molecule has 0 spiro atoms. The van der Waals surface area contributed by atoms with Crippen molar-refractivity contribution >= 4 is 46.3 Å². The van der Waals surface area contributed by atoms with Gasteiger partial charge in [-0.05, 0) is 91.4 Å². The number of thiocarbonyl (C=S) groups is 1. The highest BCUT2D eigenvalue weighted by atomic mass is 35.5. The van der Waals surface area contributed by atoms with Crippen LogP contribution in [0.1, 0.15) is 5.56 Å². The molecule has 0 unspecified atom stereocenters. The van der Waals surface area contributed by atoms with Crippen LogP contribution >= 0.6 is 23.8 Å². The van der Waals surface area contributed by atoms with Gasteiger partial charge in [-0.2, -0.15) is 0 Å². The zero-order chi connectivity index (χ0) is 26.6. The van der Waals surface area contributed by atoms with Gasteiger partial charge in [-0.1, -0.05) is 11.6 Å². The summed E-state index contributed by atoms with van der Waals surface area (Å²) in [4.78, 5) is 16.5. The number of carbonyl (C=O) groups is 1. The third kappa shape index (κ3) is 7.18. The summed E-state index contributed by atoms with van der Waals surface area (Å²) in [6.45, 7) is 1.86. The van der Waals surface area contributed by atoms with Gasteiger partial charge in [0.25, 0.3) is 0 Å². The molecule has 37 heavy (non-hydrogen) atoms. The smallest absolute Gasteiger partial charge is 0.406 e. The molecule has 4 aromatic rings. The van der Waals surface area contributed by atoms with Crippen LogP contribution in [-0.2, 0) is 0 Å². The number of nitrogens with one attached hydrogen (secondary N) is 3. The molecule has 4 rings (SSSR count). The molecule has 1 aromatic heterocycles. The number of anilines is 2. The number of aryl methyl sites for hydroxylation is 1. The van der Waals surface area contributed by atoms with Crippen molar-refractivity contribution < 1.29 is 22.7 Å². The Bertz CT molecular complexity index is 1430. The molecule has 0 fully saturated rings. The molecule has 8 nitrogen and oxygen atoms in total. The van der Waals surface area contributed by atoms with Gasteiger partial charge in [0.1, 0.15) is 12.1 Å². The zero-order valence-electron chi connectivity index (χ0n) is 19.0. The van der Waals surface area contributed by atoms with E-state index in [1.807, 2.05) is 6.92 Å². The zero-order valence-corrected chi connectivity index (χ0v) is 20.6. The molecule has 2 amide bonds. The van der Waals surface area contributed by atoms with E-state index >= 15 is 0 Å². The van der Waals surface area contributed by atoms with E-state index in [1.54, 1.807) is 42.5 Å². The predicted molar refractivity (Wildman–Crippen MR) is 138 cm³/mol. The Morgan fingerprint density at radius 3 is 2.38 bits per heavy atom. The second-order valence-corrected chi connectivity index (χ2v) is 8.47. The highest BCUT2D eigenvalue weighted by molar-refractivity contribution is 7.80. The van der Waals surface area contributed by atoms with E-state index < -0.39 is 12.4 Å². The Morgan fingerprint density at radius 2 is 1.73 bits per heavy atom. The number of halogens is 4. The van der Waals surface area contributed by atoms with Crippen LogP contribution in [-0.4, -0.2) is 32.3 Å². The number of ether oxygens (including phenoxy) is 1. The van der Waals surface area contributed by atoms with Crippen LogP contribution < -0.4 is 20.7 Å². The normalized spacial score (nSPS) is 11.1. The van der Waals surface area contributed by atoms with Gasteiger partial charge in [0.05, 0.1) is 5.69 Å². The first kappa shape index (κ1) is 25.9. The Kier molecular flexibility index (Phi) is 7.60. The van der Waals surface area contributed by atoms with Crippen molar-refractivity contribution in [3.05, 3.63) is 83.6 Å². The molecule has 0 aliphatic carbocycles. The standard InChI is InChI=1S/C24H18ClF3N6O2S/c1-14-12-16(25)4-11-20(14)31-23(37)32-22(35)30-17-5-2-15(3-6-17)21-29-13-34(33-21)18-7-9-19(10-8-18)36-24(26,27)28/h2-13H,1H3,(H3,30,31,32,35,37). The van der Waals surface area contributed by atoms with Gasteiger partial charge in [-0.15, -0.1) is 18.3 Å². The van der Waals surface area contributed by atoms with Gasteiger partial charge in [0, 0.05) is 22.0 Å². The number of hydrogen-bond acceptors (Lipinski definition) is 5. The van der Waals surface area contributed by atoms with E-state index in [9.17, 15) is 18.0 Å². The summed E-state index contributed by atoms with van der Waals surface area (Å²) in [6.07, 6.45) is -3.33. The minimum Gasteiger partial charge on any atom is -0.406 e. The lowest BCUT2D eigenvalue weighted by molar-refractivity contribution is -0.274. The van der Waals surface area contributed by atoms with E-state index in [0.717, 1.165) is 11.3 Å².